The van der Waals surface area contributed by atoms with Crippen molar-refractivity contribution in [1.82, 2.24) is 0 Å². The van der Waals surface area contributed by atoms with Crippen LogP contribution in [0.1, 0.15) is 25.7 Å². The fraction of sp³-hybridized carbons (Fsp3) is 0.889. The van der Waals surface area contributed by atoms with Crippen LogP contribution in [0, 0.1) is 11.8 Å². The van der Waals surface area contributed by atoms with Gasteiger partial charge in [-0.2, -0.15) is 0 Å². The van der Waals surface area contributed by atoms with Gasteiger partial charge >= 0.3 is 5.97 Å². The molecule has 0 aromatic carbocycles. The van der Waals surface area contributed by atoms with Crippen LogP contribution in [0.2, 0.25) is 0 Å². The first-order valence-electron chi connectivity index (χ1n) is 4.62. The van der Waals surface area contributed by atoms with E-state index < -0.39 is 0 Å². The van der Waals surface area contributed by atoms with Gasteiger partial charge in [-0.3, -0.25) is 10.1 Å². The van der Waals surface area contributed by atoms with Crippen LogP contribution >= 0.6 is 0 Å². The van der Waals surface area contributed by atoms with Crippen molar-refractivity contribution in [3.05, 3.63) is 0 Å². The summed E-state index contributed by atoms with van der Waals surface area (Å²) in [7, 11) is 1.41. The Morgan fingerprint density at radius 2 is 2.31 bits per heavy atom. The third kappa shape index (κ3) is 2.97. The van der Waals surface area contributed by atoms with Crippen molar-refractivity contribution in [2.24, 2.45) is 11.8 Å². The Morgan fingerprint density at radius 3 is 2.92 bits per heavy atom. The lowest BCUT2D eigenvalue weighted by Crippen LogP contribution is -2.25. The lowest BCUT2D eigenvalue weighted by atomic mass is 9.82. The minimum Gasteiger partial charge on any atom is -0.469 e. The lowest BCUT2D eigenvalue weighted by molar-refractivity contribution is -0.253. The zero-order chi connectivity index (χ0) is 9.68. The highest BCUT2D eigenvalue weighted by atomic mass is 17.1. The van der Waals surface area contributed by atoms with E-state index in [2.05, 4.69) is 9.62 Å². The Labute approximate surface area is 77.8 Å². The number of methoxy groups -OCH3 is 1. The molecule has 0 radical (unpaired) electrons. The third-order valence-electron chi connectivity index (χ3n) is 2.63. The van der Waals surface area contributed by atoms with Gasteiger partial charge in [0.2, 0.25) is 0 Å². The first kappa shape index (κ1) is 10.5. The van der Waals surface area contributed by atoms with E-state index >= 15 is 0 Å². The van der Waals surface area contributed by atoms with Crippen LogP contribution in [0.4, 0.5) is 0 Å². The topological polar surface area (TPSA) is 55.8 Å². The summed E-state index contributed by atoms with van der Waals surface area (Å²) in [4.78, 5) is 15.3. The Kier molecular flexibility index (Phi) is 4.18. The van der Waals surface area contributed by atoms with Gasteiger partial charge in [0, 0.05) is 0 Å². The molecule has 0 bridgehead atoms. The number of hydrogen-bond donors (Lipinski definition) is 1. The molecular weight excluding hydrogens is 172 g/mol. The van der Waals surface area contributed by atoms with Crippen LogP contribution in [-0.4, -0.2) is 24.9 Å². The minimum absolute atomic E-state index is 0.00102. The highest BCUT2D eigenvalue weighted by Gasteiger charge is 2.27. The molecule has 0 spiro atoms. The second-order valence-corrected chi connectivity index (χ2v) is 3.55. The van der Waals surface area contributed by atoms with E-state index in [4.69, 9.17) is 5.26 Å². The van der Waals surface area contributed by atoms with Gasteiger partial charge in [-0.05, 0) is 25.2 Å². The summed E-state index contributed by atoms with van der Waals surface area (Å²) in [6.07, 6.45) is 3.70. The van der Waals surface area contributed by atoms with E-state index in [0.29, 0.717) is 12.5 Å². The number of hydrogen-bond acceptors (Lipinski definition) is 4. The summed E-state index contributed by atoms with van der Waals surface area (Å²) < 4.78 is 4.67. The Balaban J connectivity index is 2.37. The quantitative estimate of drug-likeness (QED) is 0.414. The normalized spacial score (nSPS) is 28.5. The molecule has 2 atom stereocenters. The molecule has 0 amide bonds. The molecule has 1 aliphatic carbocycles. The van der Waals surface area contributed by atoms with E-state index in [1.807, 2.05) is 0 Å². The molecule has 4 heteroatoms. The predicted molar refractivity (Wildman–Crippen MR) is 46.0 cm³/mol. The SMILES string of the molecule is COC(=O)C1CCCC(COO)C1. The Bertz CT molecular complexity index is 167. The van der Waals surface area contributed by atoms with Crippen LogP contribution in [0.3, 0.4) is 0 Å². The molecule has 1 fully saturated rings. The van der Waals surface area contributed by atoms with Crippen molar-refractivity contribution in [3.63, 3.8) is 0 Å². The predicted octanol–water partition coefficient (Wildman–Crippen LogP) is 1.46. The number of carbonyl (C=O) groups excluding carboxylic acids is 1. The zero-order valence-electron chi connectivity index (χ0n) is 7.86. The van der Waals surface area contributed by atoms with E-state index in [9.17, 15) is 4.79 Å². The summed E-state index contributed by atoms with van der Waals surface area (Å²) in [6, 6.07) is 0. The summed E-state index contributed by atoms with van der Waals surface area (Å²) in [5, 5.41) is 8.28. The van der Waals surface area contributed by atoms with Crippen LogP contribution in [0.15, 0.2) is 0 Å². The molecule has 4 nitrogen and oxygen atoms in total. The van der Waals surface area contributed by atoms with Crippen molar-refractivity contribution >= 4 is 5.97 Å². The van der Waals surface area contributed by atoms with Crippen LogP contribution in [0.5, 0.6) is 0 Å². The largest absolute Gasteiger partial charge is 0.469 e. The molecule has 0 aromatic heterocycles. The monoisotopic (exact) mass is 188 g/mol. The van der Waals surface area contributed by atoms with Gasteiger partial charge in [0.25, 0.3) is 0 Å². The fourth-order valence-electron chi connectivity index (χ4n) is 1.93. The van der Waals surface area contributed by atoms with Crippen molar-refractivity contribution < 1.29 is 19.7 Å². The molecule has 76 valence electrons. The van der Waals surface area contributed by atoms with Gasteiger partial charge in [0.05, 0.1) is 19.6 Å². The van der Waals surface area contributed by atoms with E-state index in [0.717, 1.165) is 25.7 Å². The molecule has 1 rings (SSSR count). The molecule has 2 unspecified atom stereocenters. The molecule has 1 aliphatic rings. The summed E-state index contributed by atoms with van der Waals surface area (Å²) >= 11 is 0. The molecule has 1 N–H and O–H groups in total. The number of esters is 1. The average Bonchev–Trinajstić information content (AvgIpc) is 2.18. The average molecular weight is 188 g/mol. The summed E-state index contributed by atoms with van der Waals surface area (Å²) in [5.41, 5.74) is 0. The zero-order valence-corrected chi connectivity index (χ0v) is 7.86. The van der Waals surface area contributed by atoms with Gasteiger partial charge in [-0.15, -0.1) is 0 Å². The van der Waals surface area contributed by atoms with E-state index in [1.54, 1.807) is 0 Å². The highest BCUT2D eigenvalue weighted by molar-refractivity contribution is 5.72. The standard InChI is InChI=1S/C9H16O4/c1-12-9(10)8-4-2-3-7(5-8)6-13-11/h7-8,11H,2-6H2,1H3. The van der Waals surface area contributed by atoms with Gasteiger partial charge in [-0.25, -0.2) is 4.89 Å². The summed E-state index contributed by atoms with van der Waals surface area (Å²) in [5.74, 6) is 0.157. The second kappa shape index (κ2) is 5.19. The van der Waals surface area contributed by atoms with Crippen LogP contribution in [-0.2, 0) is 14.4 Å². The van der Waals surface area contributed by atoms with E-state index in [-0.39, 0.29) is 11.9 Å². The molecule has 13 heavy (non-hydrogen) atoms. The maximum atomic E-state index is 11.2. The van der Waals surface area contributed by atoms with Gasteiger partial charge in [-0.1, -0.05) is 6.42 Å². The maximum Gasteiger partial charge on any atom is 0.308 e. The van der Waals surface area contributed by atoms with Gasteiger partial charge in [0.15, 0.2) is 0 Å². The smallest absolute Gasteiger partial charge is 0.308 e. The van der Waals surface area contributed by atoms with Gasteiger partial charge < -0.3 is 4.74 Å². The number of carbonyl (C=O) groups is 1. The lowest BCUT2D eigenvalue weighted by Gasteiger charge is -2.26. The first-order valence-corrected chi connectivity index (χ1v) is 4.62. The van der Waals surface area contributed by atoms with Crippen molar-refractivity contribution in [2.45, 2.75) is 25.7 Å². The molecule has 1 saturated carbocycles. The Morgan fingerprint density at radius 1 is 1.54 bits per heavy atom. The van der Waals surface area contributed by atoms with Crippen LogP contribution in [0.25, 0.3) is 0 Å². The fourth-order valence-corrected chi connectivity index (χ4v) is 1.93. The highest BCUT2D eigenvalue weighted by Crippen LogP contribution is 2.29. The van der Waals surface area contributed by atoms with Crippen molar-refractivity contribution in [2.75, 3.05) is 13.7 Å². The van der Waals surface area contributed by atoms with Crippen molar-refractivity contribution in [1.29, 1.82) is 0 Å². The summed E-state index contributed by atoms with van der Waals surface area (Å²) in [6.45, 7) is 0.327. The number of rotatable bonds is 3. The Hall–Kier alpha value is -0.610. The molecule has 0 heterocycles. The first-order chi connectivity index (χ1) is 6.27. The molecule has 0 aromatic rings. The van der Waals surface area contributed by atoms with E-state index in [1.165, 1.54) is 7.11 Å². The third-order valence-corrected chi connectivity index (χ3v) is 2.63. The van der Waals surface area contributed by atoms with Gasteiger partial charge in [0.1, 0.15) is 0 Å². The van der Waals surface area contributed by atoms with Crippen LogP contribution < -0.4 is 0 Å². The second-order valence-electron chi connectivity index (χ2n) is 3.55. The maximum absolute atomic E-state index is 11.2. The minimum atomic E-state index is -0.136. The molecular formula is C9H16O4. The van der Waals surface area contributed by atoms with Crippen molar-refractivity contribution in [3.8, 4) is 0 Å². The number of ether oxygens (including phenoxy) is 1. The molecule has 0 saturated heterocycles. The molecule has 0 aliphatic heterocycles.